The quantitative estimate of drug-likeness (QED) is 0.194. The smallest absolute Gasteiger partial charge is 0.418 e. The van der Waals surface area contributed by atoms with Crippen molar-refractivity contribution in [2.24, 2.45) is 0 Å². The highest BCUT2D eigenvalue weighted by atomic mass is 19.4. The number of methoxy groups -OCH3 is 1. The molecule has 3 heterocycles. The maximum absolute atomic E-state index is 13.8. The van der Waals surface area contributed by atoms with Gasteiger partial charge in [-0.3, -0.25) is 4.79 Å². The number of carbonyl (C=O) groups excluding carboxylic acids is 2. The van der Waals surface area contributed by atoms with Crippen LogP contribution in [0.5, 0.6) is 0 Å². The van der Waals surface area contributed by atoms with Crippen molar-refractivity contribution in [1.82, 2.24) is 14.9 Å². The Hall–Kier alpha value is -4.40. The van der Waals surface area contributed by atoms with Crippen molar-refractivity contribution in [2.75, 3.05) is 60.7 Å². The van der Waals surface area contributed by atoms with Crippen molar-refractivity contribution < 1.29 is 36.3 Å². The molecular formula is C28H33F4N7O4. The first-order chi connectivity index (χ1) is 20.6. The van der Waals surface area contributed by atoms with Crippen LogP contribution in [0.3, 0.4) is 0 Å². The summed E-state index contributed by atoms with van der Waals surface area (Å²) >= 11 is 0. The molecule has 0 aliphatic carbocycles. The first-order valence-corrected chi connectivity index (χ1v) is 13.8. The zero-order chi connectivity index (χ0) is 31.0. The summed E-state index contributed by atoms with van der Waals surface area (Å²) in [4.78, 5) is 36.5. The molecule has 1 saturated heterocycles. The average Bonchev–Trinajstić information content (AvgIpc) is 3.44. The number of amides is 3. The van der Waals surface area contributed by atoms with E-state index in [1.807, 2.05) is 11.8 Å². The molecule has 0 bridgehead atoms. The summed E-state index contributed by atoms with van der Waals surface area (Å²) in [5, 5.41) is 7.62. The molecule has 43 heavy (non-hydrogen) atoms. The number of aromatic nitrogens is 2. The summed E-state index contributed by atoms with van der Waals surface area (Å²) in [6.45, 7) is 3.85. The Morgan fingerprint density at radius 1 is 1.09 bits per heavy atom. The van der Waals surface area contributed by atoms with E-state index >= 15 is 0 Å². The molecule has 0 radical (unpaired) electrons. The highest BCUT2D eigenvalue weighted by Crippen LogP contribution is 2.33. The summed E-state index contributed by atoms with van der Waals surface area (Å²) in [5.41, 5.74) is -1.18. The number of ether oxygens (including phenoxy) is 1. The third kappa shape index (κ3) is 8.34. The van der Waals surface area contributed by atoms with Crippen molar-refractivity contribution in [2.45, 2.75) is 38.5 Å². The van der Waals surface area contributed by atoms with E-state index in [1.165, 1.54) is 30.5 Å². The number of para-hydroxylation sites is 1. The lowest BCUT2D eigenvalue weighted by Crippen LogP contribution is -2.50. The molecule has 1 unspecified atom stereocenters. The number of benzene rings is 1. The second kappa shape index (κ2) is 14.2. The molecule has 1 aliphatic heterocycles. The predicted molar refractivity (Wildman–Crippen MR) is 152 cm³/mol. The summed E-state index contributed by atoms with van der Waals surface area (Å²) in [5.74, 6) is -2.07. The standard InChI is InChI=1S/C28H33F4N7O4/c1-3-19(42-2)7-6-12-33-26-37-24(28(30,31)32)23(43-26)25(40)35-18-10-11-22(34-17-18)38-13-15-39(16-14-38)27(41)36-21-9-5-4-8-20(21)29/h4-5,8-11,17,19H,3,6-7,12-16H2,1-2H3,(H,33,37)(H,35,40)(H,36,41). The zero-order valence-electron chi connectivity index (χ0n) is 23.7. The minimum absolute atomic E-state index is 0.0431. The van der Waals surface area contributed by atoms with Gasteiger partial charge in [-0.05, 0) is 43.5 Å². The van der Waals surface area contributed by atoms with Crippen LogP contribution >= 0.6 is 0 Å². The first kappa shape index (κ1) is 31.5. The van der Waals surface area contributed by atoms with Gasteiger partial charge in [0.1, 0.15) is 11.6 Å². The molecular weight excluding hydrogens is 574 g/mol. The van der Waals surface area contributed by atoms with Gasteiger partial charge in [0.2, 0.25) is 5.76 Å². The molecule has 0 saturated carbocycles. The van der Waals surface area contributed by atoms with Gasteiger partial charge < -0.3 is 34.9 Å². The molecule has 3 amide bonds. The number of piperazine rings is 1. The summed E-state index contributed by atoms with van der Waals surface area (Å²) in [6.07, 6.45) is -1.44. The lowest BCUT2D eigenvalue weighted by atomic mass is 10.1. The number of carbonyl (C=O) groups is 2. The number of nitrogens with zero attached hydrogens (tertiary/aromatic N) is 4. The fourth-order valence-electron chi connectivity index (χ4n) is 4.49. The van der Waals surface area contributed by atoms with Gasteiger partial charge in [-0.2, -0.15) is 18.2 Å². The van der Waals surface area contributed by atoms with E-state index in [4.69, 9.17) is 9.15 Å². The highest BCUT2D eigenvalue weighted by molar-refractivity contribution is 6.03. The van der Waals surface area contributed by atoms with E-state index < -0.39 is 41.4 Å². The van der Waals surface area contributed by atoms with Crippen LogP contribution in [0.4, 0.5) is 45.6 Å². The number of urea groups is 1. The highest BCUT2D eigenvalue weighted by Gasteiger charge is 2.41. The van der Waals surface area contributed by atoms with E-state index in [2.05, 4.69) is 25.9 Å². The van der Waals surface area contributed by atoms with Crippen molar-refractivity contribution in [3.05, 3.63) is 59.9 Å². The zero-order valence-corrected chi connectivity index (χ0v) is 23.7. The number of oxazole rings is 1. The number of halogens is 4. The van der Waals surface area contributed by atoms with Crippen molar-refractivity contribution in [3.8, 4) is 0 Å². The van der Waals surface area contributed by atoms with Crippen LogP contribution in [-0.2, 0) is 10.9 Å². The first-order valence-electron chi connectivity index (χ1n) is 13.8. The molecule has 1 aliphatic rings. The van der Waals surface area contributed by atoms with Crippen LogP contribution in [0.25, 0.3) is 0 Å². The average molecular weight is 608 g/mol. The molecule has 15 heteroatoms. The SMILES string of the molecule is CCC(CCCNc1nc(C(F)(F)F)c(C(=O)Nc2ccc(N3CCN(C(=O)Nc4ccccc4F)CC3)nc2)o1)OC. The number of nitrogens with one attached hydrogen (secondary N) is 3. The number of pyridine rings is 1. The van der Waals surface area contributed by atoms with Crippen LogP contribution in [0, 0.1) is 5.82 Å². The number of anilines is 4. The molecule has 1 fully saturated rings. The van der Waals surface area contributed by atoms with E-state index in [9.17, 15) is 27.2 Å². The molecule has 11 nitrogen and oxygen atoms in total. The summed E-state index contributed by atoms with van der Waals surface area (Å²) in [7, 11) is 1.60. The number of hydrogen-bond donors (Lipinski definition) is 3. The summed E-state index contributed by atoms with van der Waals surface area (Å²) < 4.78 is 65.1. The molecule has 232 valence electrons. The van der Waals surface area contributed by atoms with Crippen LogP contribution in [0.2, 0.25) is 0 Å². The van der Waals surface area contributed by atoms with Crippen LogP contribution < -0.4 is 20.9 Å². The fraction of sp³-hybridized carbons (Fsp3) is 0.429. The molecule has 4 rings (SSSR count). The largest absolute Gasteiger partial charge is 0.437 e. The predicted octanol–water partition coefficient (Wildman–Crippen LogP) is 5.45. The Labute approximate surface area is 245 Å². The number of rotatable bonds is 11. The number of alkyl halides is 3. The van der Waals surface area contributed by atoms with E-state index in [0.717, 1.165) is 6.42 Å². The van der Waals surface area contributed by atoms with Crippen LogP contribution in [0.15, 0.2) is 47.0 Å². The van der Waals surface area contributed by atoms with Crippen molar-refractivity contribution in [3.63, 3.8) is 0 Å². The molecule has 0 spiro atoms. The lowest BCUT2D eigenvalue weighted by molar-refractivity contribution is -0.141. The van der Waals surface area contributed by atoms with Gasteiger partial charge in [0, 0.05) is 39.8 Å². The van der Waals surface area contributed by atoms with E-state index in [0.29, 0.717) is 44.8 Å². The lowest BCUT2D eigenvalue weighted by Gasteiger charge is -2.35. The van der Waals surface area contributed by atoms with Gasteiger partial charge in [-0.15, -0.1) is 0 Å². The Morgan fingerprint density at radius 2 is 1.84 bits per heavy atom. The molecule has 2 aromatic heterocycles. The maximum atomic E-state index is 13.8. The maximum Gasteiger partial charge on any atom is 0.437 e. The Bertz CT molecular complexity index is 1370. The number of hydrogen-bond acceptors (Lipinski definition) is 8. The van der Waals surface area contributed by atoms with Gasteiger partial charge in [0.15, 0.2) is 5.69 Å². The second-order valence-corrected chi connectivity index (χ2v) is 9.77. The Balaban J connectivity index is 1.31. The van der Waals surface area contributed by atoms with Gasteiger partial charge in [-0.25, -0.2) is 14.2 Å². The topological polar surface area (TPSA) is 125 Å². The van der Waals surface area contributed by atoms with Crippen molar-refractivity contribution in [1.29, 1.82) is 0 Å². The monoisotopic (exact) mass is 607 g/mol. The van der Waals surface area contributed by atoms with E-state index in [1.54, 1.807) is 24.1 Å². The molecule has 3 aromatic rings. The second-order valence-electron chi connectivity index (χ2n) is 9.77. The molecule has 3 N–H and O–H groups in total. The van der Waals surface area contributed by atoms with Crippen LogP contribution in [0.1, 0.15) is 42.4 Å². The van der Waals surface area contributed by atoms with Gasteiger partial charge in [0.05, 0.1) is 23.7 Å². The molecule has 1 atom stereocenters. The van der Waals surface area contributed by atoms with E-state index in [-0.39, 0.29) is 24.0 Å². The molecule has 1 aromatic carbocycles. The van der Waals surface area contributed by atoms with Crippen molar-refractivity contribution >= 4 is 35.1 Å². The van der Waals surface area contributed by atoms with Gasteiger partial charge >= 0.3 is 12.2 Å². The minimum atomic E-state index is -4.91. The Morgan fingerprint density at radius 3 is 2.47 bits per heavy atom. The third-order valence-corrected chi connectivity index (χ3v) is 6.88. The normalized spacial score (nSPS) is 14.4. The summed E-state index contributed by atoms with van der Waals surface area (Å²) in [6, 6.07) is 8.17. The minimum Gasteiger partial charge on any atom is -0.418 e. The fourth-order valence-corrected chi connectivity index (χ4v) is 4.49. The van der Waals surface area contributed by atoms with Gasteiger partial charge in [0.25, 0.3) is 11.9 Å². The van der Waals surface area contributed by atoms with Gasteiger partial charge in [-0.1, -0.05) is 19.1 Å². The third-order valence-electron chi connectivity index (χ3n) is 6.88. The van der Waals surface area contributed by atoms with Crippen LogP contribution in [-0.4, -0.2) is 72.7 Å². The Kier molecular flexibility index (Phi) is 10.4.